The molecule has 0 radical (unpaired) electrons. The van der Waals surface area contributed by atoms with Gasteiger partial charge in [0.05, 0.1) is 10.8 Å². The molecule has 7 heteroatoms. The molecule has 2 saturated heterocycles. The number of nitro groups is 1. The normalized spacial score (nSPS) is 26.2. The highest BCUT2D eigenvalue weighted by Crippen LogP contribution is 2.61. The molecule has 3 heterocycles. The van der Waals surface area contributed by atoms with Crippen LogP contribution in [0.4, 0.5) is 11.4 Å². The highest BCUT2D eigenvalue weighted by atomic mass is 16.6. The summed E-state index contributed by atoms with van der Waals surface area (Å²) in [6.07, 6.45) is 2.61. The Kier molecular flexibility index (Phi) is 5.49. The molecule has 37 heavy (non-hydrogen) atoms. The summed E-state index contributed by atoms with van der Waals surface area (Å²) in [6, 6.07) is 20.1. The van der Waals surface area contributed by atoms with E-state index in [0.29, 0.717) is 5.56 Å². The highest BCUT2D eigenvalue weighted by Gasteiger charge is 2.69. The lowest BCUT2D eigenvalue weighted by atomic mass is 9.68. The number of rotatable bonds is 5. The van der Waals surface area contributed by atoms with Crippen LogP contribution in [0.15, 0.2) is 66.7 Å². The third-order valence-electron chi connectivity index (χ3n) is 8.58. The van der Waals surface area contributed by atoms with Crippen LogP contribution in [0.5, 0.6) is 0 Å². The molecular weight excluding hydrogens is 466 g/mol. The molecule has 3 aromatic rings. The van der Waals surface area contributed by atoms with Crippen molar-refractivity contribution in [1.29, 1.82) is 0 Å². The van der Waals surface area contributed by atoms with Crippen LogP contribution < -0.4 is 5.32 Å². The molecule has 3 aromatic carbocycles. The summed E-state index contributed by atoms with van der Waals surface area (Å²) in [5.74, 6) is -1.17. The predicted octanol–water partition coefficient (Wildman–Crippen LogP) is 5.37. The number of Topliss-reactive ketones (excluding diaryl/α,β-unsaturated/α-hetero) is 1. The standard InChI is InChI=1S/C30H29N3O4/c1-3-19-8-15-24-23(17-19)30(29(35)31-24)27(28(34)21-9-6-18(2)7-10-21)26(25-5-4-16-32(25)30)20-11-13-22(14-12-20)33(36)37/h6-15,17,25-27H,3-5,16H2,1-2H3,(H,31,35)/t25?,26?,27?,30-/m1/s1. The van der Waals surface area contributed by atoms with Gasteiger partial charge in [0.1, 0.15) is 5.54 Å². The molecule has 188 valence electrons. The number of benzene rings is 3. The van der Waals surface area contributed by atoms with Crippen molar-refractivity contribution in [2.24, 2.45) is 5.92 Å². The fraction of sp³-hybridized carbons (Fsp3) is 0.333. The first kappa shape index (κ1) is 23.6. The van der Waals surface area contributed by atoms with Crippen LogP contribution in [0.1, 0.15) is 58.3 Å². The van der Waals surface area contributed by atoms with E-state index in [2.05, 4.69) is 23.2 Å². The van der Waals surface area contributed by atoms with Crippen LogP contribution in [0.3, 0.4) is 0 Å². The van der Waals surface area contributed by atoms with Crippen molar-refractivity contribution in [2.45, 2.75) is 50.6 Å². The average Bonchev–Trinajstić information content (AvgIpc) is 3.57. The van der Waals surface area contributed by atoms with Crippen molar-refractivity contribution < 1.29 is 14.5 Å². The molecule has 0 aliphatic carbocycles. The number of amides is 1. The second-order valence-corrected chi connectivity index (χ2v) is 10.4. The molecule has 1 amide bonds. The maximum atomic E-state index is 14.5. The van der Waals surface area contributed by atoms with E-state index in [-0.39, 0.29) is 29.3 Å². The van der Waals surface area contributed by atoms with Gasteiger partial charge in [-0.25, -0.2) is 0 Å². The Morgan fingerprint density at radius 1 is 1.11 bits per heavy atom. The van der Waals surface area contributed by atoms with E-state index in [1.807, 2.05) is 43.3 Å². The number of hydrogen-bond acceptors (Lipinski definition) is 5. The molecule has 3 unspecified atom stereocenters. The molecule has 3 aliphatic rings. The molecule has 0 saturated carbocycles. The van der Waals surface area contributed by atoms with Gasteiger partial charge in [0.15, 0.2) is 5.78 Å². The van der Waals surface area contributed by atoms with Gasteiger partial charge in [-0.3, -0.25) is 24.6 Å². The first-order valence-electron chi connectivity index (χ1n) is 12.9. The molecule has 7 nitrogen and oxygen atoms in total. The lowest BCUT2D eigenvalue weighted by Crippen LogP contribution is -2.52. The SMILES string of the molecule is CCc1ccc2c(c1)[C@]1(C(=O)N2)C(C(=O)c2ccc(C)cc2)C(c2ccc([N+](=O)[O-])cc2)C2CCCN21. The number of anilines is 1. The molecule has 1 spiro atoms. The van der Waals surface area contributed by atoms with Gasteiger partial charge in [-0.1, -0.05) is 61.0 Å². The summed E-state index contributed by atoms with van der Waals surface area (Å²) < 4.78 is 0. The smallest absolute Gasteiger partial charge is 0.269 e. The molecule has 6 rings (SSSR count). The van der Waals surface area contributed by atoms with Gasteiger partial charge in [0, 0.05) is 40.9 Å². The number of carbonyl (C=O) groups excluding carboxylic acids is 2. The number of fused-ring (bicyclic) bond motifs is 4. The average molecular weight is 496 g/mol. The summed E-state index contributed by atoms with van der Waals surface area (Å²) in [6.45, 7) is 4.78. The second-order valence-electron chi connectivity index (χ2n) is 10.4. The van der Waals surface area contributed by atoms with E-state index in [0.717, 1.165) is 53.7 Å². The topological polar surface area (TPSA) is 92.5 Å². The van der Waals surface area contributed by atoms with Crippen molar-refractivity contribution in [3.63, 3.8) is 0 Å². The van der Waals surface area contributed by atoms with Crippen molar-refractivity contribution in [3.05, 3.63) is 105 Å². The number of carbonyl (C=O) groups is 2. The lowest BCUT2D eigenvalue weighted by Gasteiger charge is -2.37. The quantitative estimate of drug-likeness (QED) is 0.292. The highest BCUT2D eigenvalue weighted by molar-refractivity contribution is 6.12. The summed E-state index contributed by atoms with van der Waals surface area (Å²) in [7, 11) is 0. The lowest BCUT2D eigenvalue weighted by molar-refractivity contribution is -0.384. The van der Waals surface area contributed by atoms with E-state index >= 15 is 0 Å². The van der Waals surface area contributed by atoms with Gasteiger partial charge < -0.3 is 5.32 Å². The zero-order valence-electron chi connectivity index (χ0n) is 20.9. The van der Waals surface area contributed by atoms with Crippen LogP contribution in [-0.2, 0) is 16.8 Å². The second kappa shape index (κ2) is 8.63. The summed E-state index contributed by atoms with van der Waals surface area (Å²) in [5, 5.41) is 14.4. The Bertz CT molecular complexity index is 1420. The fourth-order valence-corrected chi connectivity index (χ4v) is 6.92. The Balaban J connectivity index is 1.59. The van der Waals surface area contributed by atoms with Crippen molar-refractivity contribution in [3.8, 4) is 0 Å². The van der Waals surface area contributed by atoms with Crippen LogP contribution >= 0.6 is 0 Å². The van der Waals surface area contributed by atoms with Gasteiger partial charge in [-0.2, -0.15) is 0 Å². The van der Waals surface area contributed by atoms with Crippen molar-refractivity contribution >= 4 is 23.1 Å². The van der Waals surface area contributed by atoms with Gasteiger partial charge in [-0.05, 0) is 49.9 Å². The predicted molar refractivity (Wildman–Crippen MR) is 141 cm³/mol. The van der Waals surface area contributed by atoms with Gasteiger partial charge in [-0.15, -0.1) is 0 Å². The minimum atomic E-state index is -1.13. The number of hydrogen-bond donors (Lipinski definition) is 1. The Hall–Kier alpha value is -3.84. The third kappa shape index (κ3) is 3.37. The van der Waals surface area contributed by atoms with Gasteiger partial charge in [0.25, 0.3) is 5.69 Å². The number of non-ortho nitro benzene ring substituents is 1. The van der Waals surface area contributed by atoms with E-state index < -0.39 is 16.4 Å². The Morgan fingerprint density at radius 3 is 2.51 bits per heavy atom. The molecular formula is C30H29N3O4. The summed E-state index contributed by atoms with van der Waals surface area (Å²) in [5.41, 5.74) is 4.13. The zero-order valence-corrected chi connectivity index (χ0v) is 20.9. The Morgan fingerprint density at radius 2 is 1.84 bits per heavy atom. The fourth-order valence-electron chi connectivity index (χ4n) is 6.92. The first-order valence-corrected chi connectivity index (χ1v) is 12.9. The van der Waals surface area contributed by atoms with E-state index in [1.54, 1.807) is 12.1 Å². The van der Waals surface area contributed by atoms with E-state index in [1.165, 1.54) is 12.1 Å². The van der Waals surface area contributed by atoms with Crippen LogP contribution in [-0.4, -0.2) is 34.1 Å². The molecule has 1 N–H and O–H groups in total. The van der Waals surface area contributed by atoms with Crippen molar-refractivity contribution in [2.75, 3.05) is 11.9 Å². The van der Waals surface area contributed by atoms with Gasteiger partial charge >= 0.3 is 0 Å². The number of nitrogens with zero attached hydrogens (tertiary/aromatic N) is 2. The van der Waals surface area contributed by atoms with Crippen molar-refractivity contribution in [1.82, 2.24) is 4.90 Å². The summed E-state index contributed by atoms with van der Waals surface area (Å²) in [4.78, 5) is 41.8. The monoisotopic (exact) mass is 495 g/mol. The Labute approximate surface area is 215 Å². The number of ketones is 1. The molecule has 2 fully saturated rings. The van der Waals surface area contributed by atoms with Gasteiger partial charge in [0.2, 0.25) is 5.91 Å². The number of nitro benzene ring substituents is 1. The minimum Gasteiger partial charge on any atom is -0.324 e. The molecule has 4 atom stereocenters. The summed E-state index contributed by atoms with van der Waals surface area (Å²) >= 11 is 0. The maximum absolute atomic E-state index is 14.5. The zero-order chi connectivity index (χ0) is 25.9. The molecule has 0 bridgehead atoms. The molecule has 0 aromatic heterocycles. The van der Waals surface area contributed by atoms with Crippen LogP contribution in [0, 0.1) is 23.0 Å². The number of aryl methyl sites for hydroxylation is 2. The largest absolute Gasteiger partial charge is 0.324 e. The third-order valence-corrected chi connectivity index (χ3v) is 8.58. The van der Waals surface area contributed by atoms with Crippen LogP contribution in [0.25, 0.3) is 0 Å². The van der Waals surface area contributed by atoms with E-state index in [4.69, 9.17) is 0 Å². The number of nitrogens with one attached hydrogen (secondary N) is 1. The van der Waals surface area contributed by atoms with Crippen LogP contribution in [0.2, 0.25) is 0 Å². The first-order chi connectivity index (χ1) is 17.9. The molecule has 3 aliphatic heterocycles. The maximum Gasteiger partial charge on any atom is 0.269 e. The minimum absolute atomic E-state index is 0.0118. The van der Waals surface area contributed by atoms with E-state index in [9.17, 15) is 19.7 Å².